The van der Waals surface area contributed by atoms with E-state index in [-0.39, 0.29) is 0 Å². The minimum Gasteiger partial charge on any atom is -0.355 e. The van der Waals surface area contributed by atoms with Crippen LogP contribution < -0.4 is 5.32 Å². The van der Waals surface area contributed by atoms with E-state index >= 15 is 0 Å². The molecule has 1 rings (SSSR count). The minimum atomic E-state index is 0.298. The molecule has 0 unspecified atom stereocenters. The van der Waals surface area contributed by atoms with E-state index in [9.17, 15) is 0 Å². The van der Waals surface area contributed by atoms with Crippen LogP contribution in [0.15, 0.2) is 0 Å². The zero-order valence-electron chi connectivity index (χ0n) is 9.28. The molecule has 0 spiro atoms. The van der Waals surface area contributed by atoms with Crippen LogP contribution in [0.1, 0.15) is 20.3 Å². The third-order valence-electron chi connectivity index (χ3n) is 2.63. The molecule has 0 bridgehead atoms. The number of amidine groups is 1. The fraction of sp³-hybridized carbons (Fsp3) is 0.800. The van der Waals surface area contributed by atoms with Gasteiger partial charge in [-0.2, -0.15) is 0 Å². The predicted molar refractivity (Wildman–Crippen MR) is 59.4 cm³/mol. The van der Waals surface area contributed by atoms with Gasteiger partial charge in [-0.25, -0.2) is 0 Å². The molecule has 0 amide bonds. The molecule has 14 heavy (non-hydrogen) atoms. The molecule has 0 aromatic heterocycles. The Morgan fingerprint density at radius 3 is 2.50 bits per heavy atom. The molecule has 4 nitrogen and oxygen atoms in total. The molecular formula is C10H20N4. The molecule has 0 atom stereocenters. The molecule has 0 aliphatic carbocycles. The topological polar surface area (TPSA) is 63.0 Å². The summed E-state index contributed by atoms with van der Waals surface area (Å²) < 4.78 is 0. The molecule has 0 aromatic carbocycles. The summed E-state index contributed by atoms with van der Waals surface area (Å²) in [6.45, 7) is 6.72. The third-order valence-corrected chi connectivity index (χ3v) is 2.63. The van der Waals surface area contributed by atoms with Gasteiger partial charge in [0.1, 0.15) is 5.84 Å². The van der Waals surface area contributed by atoms with Crippen LogP contribution in [0.25, 0.3) is 0 Å². The highest BCUT2D eigenvalue weighted by molar-refractivity contribution is 6.39. The largest absolute Gasteiger partial charge is 0.355 e. The summed E-state index contributed by atoms with van der Waals surface area (Å²) in [6.07, 6.45) is 1.11. The first kappa shape index (κ1) is 11.2. The van der Waals surface area contributed by atoms with Gasteiger partial charge < -0.3 is 15.6 Å². The van der Waals surface area contributed by atoms with Gasteiger partial charge in [-0.1, -0.05) is 13.8 Å². The Labute approximate surface area is 85.7 Å². The Morgan fingerprint density at radius 1 is 1.43 bits per heavy atom. The van der Waals surface area contributed by atoms with Crippen LogP contribution in [0.4, 0.5) is 0 Å². The van der Waals surface area contributed by atoms with Gasteiger partial charge in [-0.3, -0.25) is 5.41 Å². The standard InChI is InChI=1S/C10H20N4/c1-10(2)4-5-14(7-10)9(12)8(11)6-13-3/h11-13H,4-7H2,1-3H3. The molecule has 0 radical (unpaired) electrons. The van der Waals surface area contributed by atoms with Gasteiger partial charge >= 0.3 is 0 Å². The summed E-state index contributed by atoms with van der Waals surface area (Å²) in [6, 6.07) is 0. The highest BCUT2D eigenvalue weighted by atomic mass is 15.2. The van der Waals surface area contributed by atoms with Gasteiger partial charge in [0.05, 0.1) is 5.71 Å². The third kappa shape index (κ3) is 2.54. The smallest absolute Gasteiger partial charge is 0.143 e. The number of likely N-dealkylation sites (tertiary alicyclic amines) is 1. The maximum Gasteiger partial charge on any atom is 0.143 e. The lowest BCUT2D eigenvalue weighted by Gasteiger charge is -2.22. The molecule has 1 aliphatic rings. The summed E-state index contributed by atoms with van der Waals surface area (Å²) in [7, 11) is 1.80. The highest BCUT2D eigenvalue weighted by Crippen LogP contribution is 2.28. The highest BCUT2D eigenvalue weighted by Gasteiger charge is 2.31. The normalized spacial score (nSPS) is 19.8. The van der Waals surface area contributed by atoms with E-state index in [0.29, 0.717) is 23.5 Å². The van der Waals surface area contributed by atoms with Crippen molar-refractivity contribution >= 4 is 11.5 Å². The van der Waals surface area contributed by atoms with E-state index in [1.165, 1.54) is 0 Å². The summed E-state index contributed by atoms with van der Waals surface area (Å²) in [4.78, 5) is 2.00. The molecule has 3 N–H and O–H groups in total. The fourth-order valence-corrected chi connectivity index (χ4v) is 1.75. The number of hydrogen-bond acceptors (Lipinski definition) is 3. The van der Waals surface area contributed by atoms with Gasteiger partial charge in [0.2, 0.25) is 0 Å². The lowest BCUT2D eigenvalue weighted by molar-refractivity contribution is 0.376. The van der Waals surface area contributed by atoms with Crippen LogP contribution in [-0.2, 0) is 0 Å². The molecule has 4 heteroatoms. The van der Waals surface area contributed by atoms with Gasteiger partial charge in [-0.15, -0.1) is 0 Å². The van der Waals surface area contributed by atoms with E-state index < -0.39 is 0 Å². The Balaban J connectivity index is 2.51. The first-order valence-corrected chi connectivity index (χ1v) is 5.02. The number of nitrogens with one attached hydrogen (secondary N) is 3. The van der Waals surface area contributed by atoms with Crippen LogP contribution in [0.3, 0.4) is 0 Å². The second-order valence-corrected chi connectivity index (χ2v) is 4.69. The number of hydrogen-bond donors (Lipinski definition) is 3. The Hall–Kier alpha value is -0.900. The molecule has 80 valence electrons. The SMILES string of the molecule is CNCC(=N)C(=N)N1CCC(C)(C)C1. The first-order chi connectivity index (χ1) is 6.46. The lowest BCUT2D eigenvalue weighted by Crippen LogP contribution is -2.38. The van der Waals surface area contributed by atoms with Crippen molar-refractivity contribution in [2.24, 2.45) is 5.41 Å². The van der Waals surface area contributed by atoms with Crippen molar-refractivity contribution in [1.82, 2.24) is 10.2 Å². The Bertz CT molecular complexity index is 245. The molecule has 1 aliphatic heterocycles. The Morgan fingerprint density at radius 2 is 2.07 bits per heavy atom. The van der Waals surface area contributed by atoms with Crippen molar-refractivity contribution in [2.75, 3.05) is 26.7 Å². The van der Waals surface area contributed by atoms with Crippen molar-refractivity contribution in [3.05, 3.63) is 0 Å². The molecule has 1 heterocycles. The molecule has 1 fully saturated rings. The van der Waals surface area contributed by atoms with Gasteiger partial charge in [0, 0.05) is 19.6 Å². The van der Waals surface area contributed by atoms with Crippen molar-refractivity contribution in [2.45, 2.75) is 20.3 Å². The van der Waals surface area contributed by atoms with Crippen LogP contribution in [0.2, 0.25) is 0 Å². The van der Waals surface area contributed by atoms with E-state index in [4.69, 9.17) is 10.8 Å². The summed E-state index contributed by atoms with van der Waals surface area (Å²) in [5, 5.41) is 18.4. The van der Waals surface area contributed by atoms with Gasteiger partial charge in [-0.05, 0) is 18.9 Å². The summed E-state index contributed by atoms with van der Waals surface area (Å²) in [5.41, 5.74) is 0.678. The summed E-state index contributed by atoms with van der Waals surface area (Å²) >= 11 is 0. The van der Waals surface area contributed by atoms with Gasteiger partial charge in [0.25, 0.3) is 0 Å². The summed E-state index contributed by atoms with van der Waals surface area (Å²) in [5.74, 6) is 0.380. The van der Waals surface area contributed by atoms with Crippen molar-refractivity contribution in [3.8, 4) is 0 Å². The first-order valence-electron chi connectivity index (χ1n) is 5.02. The van der Waals surface area contributed by atoms with Crippen LogP contribution in [0, 0.1) is 16.2 Å². The molecule has 1 saturated heterocycles. The second-order valence-electron chi connectivity index (χ2n) is 4.69. The van der Waals surface area contributed by atoms with Crippen molar-refractivity contribution in [1.29, 1.82) is 10.8 Å². The van der Waals surface area contributed by atoms with Crippen LogP contribution in [-0.4, -0.2) is 43.1 Å². The average Bonchev–Trinajstić information content (AvgIpc) is 2.45. The average molecular weight is 196 g/mol. The van der Waals surface area contributed by atoms with E-state index in [2.05, 4.69) is 19.2 Å². The van der Waals surface area contributed by atoms with Gasteiger partial charge in [0.15, 0.2) is 0 Å². The number of rotatable bonds is 3. The van der Waals surface area contributed by atoms with E-state index in [1.807, 2.05) is 4.90 Å². The zero-order valence-corrected chi connectivity index (χ0v) is 9.28. The zero-order chi connectivity index (χ0) is 10.8. The fourth-order valence-electron chi connectivity index (χ4n) is 1.75. The second kappa shape index (κ2) is 4.09. The van der Waals surface area contributed by atoms with Crippen LogP contribution in [0.5, 0.6) is 0 Å². The lowest BCUT2D eigenvalue weighted by atomic mass is 9.93. The maximum absolute atomic E-state index is 7.83. The molecule has 0 saturated carbocycles. The Kier molecular flexibility index (Phi) is 3.26. The quantitative estimate of drug-likeness (QED) is 0.464. The maximum atomic E-state index is 7.83. The van der Waals surface area contributed by atoms with E-state index in [0.717, 1.165) is 19.5 Å². The van der Waals surface area contributed by atoms with Crippen molar-refractivity contribution in [3.63, 3.8) is 0 Å². The van der Waals surface area contributed by atoms with Crippen LogP contribution >= 0.6 is 0 Å². The van der Waals surface area contributed by atoms with Crippen molar-refractivity contribution < 1.29 is 0 Å². The predicted octanol–water partition coefficient (Wildman–Crippen LogP) is 0.935. The minimum absolute atomic E-state index is 0.298. The monoisotopic (exact) mass is 196 g/mol. The number of nitrogens with zero attached hydrogens (tertiary/aromatic N) is 1. The molecule has 0 aromatic rings. The van der Waals surface area contributed by atoms with E-state index in [1.54, 1.807) is 7.05 Å². The molecular weight excluding hydrogens is 176 g/mol.